The second kappa shape index (κ2) is 6.17. The molecule has 0 atom stereocenters. The predicted molar refractivity (Wildman–Crippen MR) is 101 cm³/mol. The van der Waals surface area contributed by atoms with Crippen LogP contribution >= 0.6 is 15.9 Å². The first-order valence-electron chi connectivity index (χ1n) is 7.68. The predicted octanol–water partition coefficient (Wildman–Crippen LogP) is 6.54. The van der Waals surface area contributed by atoms with Crippen molar-refractivity contribution in [3.05, 3.63) is 77.5 Å². The van der Waals surface area contributed by atoms with Gasteiger partial charge >= 0.3 is 0 Å². The topological polar surface area (TPSA) is 22.4 Å². The van der Waals surface area contributed by atoms with Crippen LogP contribution in [-0.2, 0) is 0 Å². The summed E-state index contributed by atoms with van der Waals surface area (Å²) in [5.74, 6) is 0.865. The van der Waals surface area contributed by atoms with E-state index in [0.717, 1.165) is 32.5 Å². The van der Waals surface area contributed by atoms with Crippen molar-refractivity contribution in [3.63, 3.8) is 0 Å². The van der Waals surface area contributed by atoms with Crippen molar-refractivity contribution in [2.45, 2.75) is 0 Å². The summed E-state index contributed by atoms with van der Waals surface area (Å²) in [7, 11) is 1.68. The highest BCUT2D eigenvalue weighted by Crippen LogP contribution is 2.38. The molecule has 0 saturated heterocycles. The third-order valence-electron chi connectivity index (χ3n) is 4.15. The number of methoxy groups -OCH3 is 1. The molecule has 4 aromatic rings. The van der Waals surface area contributed by atoms with Gasteiger partial charge in [0.25, 0.3) is 0 Å². The SMILES string of the molecule is COc1ccc(-c2ccc(-c3c(Br)oc4ccccc34)cc2)cc1. The normalized spacial score (nSPS) is 10.9. The highest BCUT2D eigenvalue weighted by atomic mass is 79.9. The molecule has 0 N–H and O–H groups in total. The Morgan fingerprint density at radius 1 is 0.750 bits per heavy atom. The Hall–Kier alpha value is -2.52. The maximum Gasteiger partial charge on any atom is 0.178 e. The van der Waals surface area contributed by atoms with Gasteiger partial charge in [0.15, 0.2) is 4.67 Å². The molecule has 2 nitrogen and oxygen atoms in total. The lowest BCUT2D eigenvalue weighted by atomic mass is 10.00. The van der Waals surface area contributed by atoms with Crippen molar-refractivity contribution in [2.75, 3.05) is 7.11 Å². The molecule has 3 heteroatoms. The molecule has 1 aromatic heterocycles. The lowest BCUT2D eigenvalue weighted by Crippen LogP contribution is -1.83. The maximum absolute atomic E-state index is 5.80. The standard InChI is InChI=1S/C21H15BrO2/c1-23-17-12-10-15(11-13-17)14-6-8-16(9-7-14)20-18-4-2-3-5-19(18)24-21(20)22/h2-13H,1H3. The average Bonchev–Trinajstić information content (AvgIpc) is 2.98. The molecule has 0 aliphatic heterocycles. The monoisotopic (exact) mass is 378 g/mol. The van der Waals surface area contributed by atoms with Gasteiger partial charge < -0.3 is 9.15 Å². The molecule has 0 aliphatic carbocycles. The summed E-state index contributed by atoms with van der Waals surface area (Å²) in [6.07, 6.45) is 0. The Bertz CT molecular complexity index is 983. The fraction of sp³-hybridized carbons (Fsp3) is 0.0476. The molecular formula is C21H15BrO2. The number of rotatable bonds is 3. The van der Waals surface area contributed by atoms with Crippen LogP contribution in [0.15, 0.2) is 81.9 Å². The van der Waals surface area contributed by atoms with Gasteiger partial charge in [0.2, 0.25) is 0 Å². The lowest BCUT2D eigenvalue weighted by molar-refractivity contribution is 0.415. The summed E-state index contributed by atoms with van der Waals surface area (Å²) in [6.45, 7) is 0. The molecule has 0 unspecified atom stereocenters. The van der Waals surface area contributed by atoms with Crippen LogP contribution in [0.4, 0.5) is 0 Å². The molecule has 0 amide bonds. The molecule has 0 fully saturated rings. The highest BCUT2D eigenvalue weighted by molar-refractivity contribution is 9.10. The summed E-state index contributed by atoms with van der Waals surface area (Å²) in [6, 6.07) is 24.7. The van der Waals surface area contributed by atoms with Gasteiger partial charge in [-0.2, -0.15) is 0 Å². The van der Waals surface area contributed by atoms with Crippen molar-refractivity contribution in [2.24, 2.45) is 0 Å². The molecule has 3 aromatic carbocycles. The first kappa shape index (κ1) is 15.0. The molecule has 1 heterocycles. The molecule has 24 heavy (non-hydrogen) atoms. The van der Waals surface area contributed by atoms with Gasteiger partial charge in [0, 0.05) is 10.9 Å². The first-order valence-corrected chi connectivity index (χ1v) is 8.47. The minimum absolute atomic E-state index is 0.765. The second-order valence-corrected chi connectivity index (χ2v) is 6.27. The van der Waals surface area contributed by atoms with E-state index in [1.807, 2.05) is 30.3 Å². The van der Waals surface area contributed by atoms with Crippen LogP contribution in [-0.4, -0.2) is 7.11 Å². The van der Waals surface area contributed by atoms with E-state index in [9.17, 15) is 0 Å². The number of fused-ring (bicyclic) bond motifs is 1. The molecule has 4 rings (SSSR count). The number of benzene rings is 3. The molecule has 0 spiro atoms. The van der Waals surface area contributed by atoms with Crippen molar-refractivity contribution in [1.29, 1.82) is 0 Å². The molecule has 0 radical (unpaired) electrons. The van der Waals surface area contributed by atoms with Gasteiger partial charge in [-0.25, -0.2) is 0 Å². The van der Waals surface area contributed by atoms with Crippen LogP contribution in [0.5, 0.6) is 5.75 Å². The quantitative estimate of drug-likeness (QED) is 0.403. The van der Waals surface area contributed by atoms with Crippen LogP contribution in [0.1, 0.15) is 0 Å². The van der Waals surface area contributed by atoms with Crippen LogP contribution < -0.4 is 4.74 Å². The summed E-state index contributed by atoms with van der Waals surface area (Å²) in [4.78, 5) is 0. The summed E-state index contributed by atoms with van der Waals surface area (Å²) in [5.41, 5.74) is 5.44. The maximum atomic E-state index is 5.80. The van der Waals surface area contributed by atoms with Gasteiger partial charge in [-0.1, -0.05) is 54.6 Å². The largest absolute Gasteiger partial charge is 0.497 e. The minimum atomic E-state index is 0.765. The Labute approximate surface area is 148 Å². The molecule has 0 bridgehead atoms. The van der Waals surface area contributed by atoms with Gasteiger partial charge in [-0.3, -0.25) is 0 Å². The Morgan fingerprint density at radius 2 is 1.33 bits per heavy atom. The molecule has 0 aliphatic rings. The van der Waals surface area contributed by atoms with E-state index in [-0.39, 0.29) is 0 Å². The zero-order valence-corrected chi connectivity index (χ0v) is 14.7. The van der Waals surface area contributed by atoms with E-state index in [0.29, 0.717) is 0 Å². The number of ether oxygens (including phenoxy) is 1. The number of furan rings is 1. The van der Waals surface area contributed by atoms with Gasteiger partial charge in [-0.15, -0.1) is 0 Å². The number of hydrogen-bond donors (Lipinski definition) is 0. The van der Waals surface area contributed by atoms with E-state index in [2.05, 4.69) is 58.4 Å². The third kappa shape index (κ3) is 2.61. The summed E-state index contributed by atoms with van der Waals surface area (Å²) < 4.78 is 11.8. The Morgan fingerprint density at radius 3 is 2.00 bits per heavy atom. The zero-order chi connectivity index (χ0) is 16.5. The fourth-order valence-corrected chi connectivity index (χ4v) is 3.51. The number of para-hydroxylation sites is 1. The summed E-state index contributed by atoms with van der Waals surface area (Å²) >= 11 is 3.55. The van der Waals surface area contributed by atoms with E-state index in [1.54, 1.807) is 7.11 Å². The van der Waals surface area contributed by atoms with Crippen LogP contribution in [0.3, 0.4) is 0 Å². The van der Waals surface area contributed by atoms with E-state index in [1.165, 1.54) is 11.1 Å². The van der Waals surface area contributed by atoms with E-state index in [4.69, 9.17) is 9.15 Å². The fourth-order valence-electron chi connectivity index (χ4n) is 2.90. The molecular weight excluding hydrogens is 364 g/mol. The first-order chi connectivity index (χ1) is 11.8. The Balaban J connectivity index is 1.74. The second-order valence-electron chi connectivity index (χ2n) is 5.55. The minimum Gasteiger partial charge on any atom is -0.497 e. The summed E-state index contributed by atoms with van der Waals surface area (Å²) in [5, 5.41) is 1.11. The van der Waals surface area contributed by atoms with Crippen LogP contribution in [0.2, 0.25) is 0 Å². The smallest absolute Gasteiger partial charge is 0.178 e. The zero-order valence-electron chi connectivity index (χ0n) is 13.1. The van der Waals surface area contributed by atoms with Gasteiger partial charge in [0.05, 0.1) is 7.11 Å². The van der Waals surface area contributed by atoms with Crippen LogP contribution in [0.25, 0.3) is 33.2 Å². The van der Waals surface area contributed by atoms with Gasteiger partial charge in [-0.05, 0) is 50.8 Å². The molecule has 0 saturated carbocycles. The Kier molecular flexibility index (Phi) is 3.87. The third-order valence-corrected chi connectivity index (χ3v) is 4.71. The van der Waals surface area contributed by atoms with Crippen LogP contribution in [0, 0.1) is 0 Å². The van der Waals surface area contributed by atoms with E-state index < -0.39 is 0 Å². The lowest BCUT2D eigenvalue weighted by Gasteiger charge is -2.06. The molecule has 118 valence electrons. The van der Waals surface area contributed by atoms with Crippen molar-refractivity contribution < 1.29 is 9.15 Å². The van der Waals surface area contributed by atoms with Gasteiger partial charge in [0.1, 0.15) is 11.3 Å². The van der Waals surface area contributed by atoms with Crippen molar-refractivity contribution in [3.8, 4) is 28.0 Å². The number of hydrogen-bond acceptors (Lipinski definition) is 2. The average molecular weight is 379 g/mol. The highest BCUT2D eigenvalue weighted by Gasteiger charge is 2.13. The number of halogens is 1. The van der Waals surface area contributed by atoms with Crippen molar-refractivity contribution >= 4 is 26.9 Å². The van der Waals surface area contributed by atoms with E-state index >= 15 is 0 Å². The van der Waals surface area contributed by atoms with Crippen molar-refractivity contribution in [1.82, 2.24) is 0 Å².